The molecule has 2 rings (SSSR count). The molecule has 2 nitrogen and oxygen atoms in total. The van der Waals surface area contributed by atoms with Crippen molar-refractivity contribution in [3.63, 3.8) is 0 Å². The van der Waals surface area contributed by atoms with E-state index in [-0.39, 0.29) is 25.9 Å². The fraction of sp³-hybridized carbons (Fsp3) is 0.571. The first-order valence-corrected chi connectivity index (χ1v) is 6.37. The standard InChI is InChI=1S/C14H18F3NO/c1-11-3-2-4-12(9-11)10-18-7-5-13(19,6-8-18)14(15,16)17/h2-4,9,19H,5-8,10H2,1H3. The van der Waals surface area contributed by atoms with E-state index < -0.39 is 11.8 Å². The van der Waals surface area contributed by atoms with Gasteiger partial charge in [0.25, 0.3) is 0 Å². The van der Waals surface area contributed by atoms with Gasteiger partial charge >= 0.3 is 6.18 Å². The van der Waals surface area contributed by atoms with Crippen molar-refractivity contribution in [2.75, 3.05) is 13.1 Å². The predicted octanol–water partition coefficient (Wildman–Crippen LogP) is 2.88. The highest BCUT2D eigenvalue weighted by Crippen LogP contribution is 2.38. The molecule has 0 saturated carbocycles. The second-order valence-corrected chi connectivity index (χ2v) is 5.29. The Morgan fingerprint density at radius 3 is 2.42 bits per heavy atom. The second-order valence-electron chi connectivity index (χ2n) is 5.29. The predicted molar refractivity (Wildman–Crippen MR) is 66.7 cm³/mol. The third kappa shape index (κ3) is 3.28. The lowest BCUT2D eigenvalue weighted by molar-refractivity contribution is -0.272. The van der Waals surface area contributed by atoms with Crippen LogP contribution in [0.1, 0.15) is 24.0 Å². The number of alkyl halides is 3. The van der Waals surface area contributed by atoms with Crippen LogP contribution in [-0.4, -0.2) is 34.9 Å². The molecule has 1 aliphatic heterocycles. The Kier molecular flexibility index (Phi) is 3.87. The molecule has 0 bridgehead atoms. The summed E-state index contributed by atoms with van der Waals surface area (Å²) in [5, 5.41) is 9.58. The van der Waals surface area contributed by atoms with Crippen LogP contribution < -0.4 is 0 Å². The van der Waals surface area contributed by atoms with Crippen molar-refractivity contribution in [2.45, 2.75) is 38.1 Å². The summed E-state index contributed by atoms with van der Waals surface area (Å²) in [5.74, 6) is 0. The fourth-order valence-electron chi connectivity index (χ4n) is 2.43. The van der Waals surface area contributed by atoms with E-state index >= 15 is 0 Å². The Bertz CT molecular complexity index is 437. The number of rotatable bonds is 2. The number of halogens is 3. The molecule has 1 aliphatic rings. The molecule has 1 N–H and O–H groups in total. The Morgan fingerprint density at radius 1 is 1.26 bits per heavy atom. The van der Waals surface area contributed by atoms with Gasteiger partial charge in [-0.3, -0.25) is 4.90 Å². The molecule has 0 radical (unpaired) electrons. The first-order valence-electron chi connectivity index (χ1n) is 6.37. The minimum atomic E-state index is -4.53. The van der Waals surface area contributed by atoms with Gasteiger partial charge in [-0.1, -0.05) is 29.8 Å². The van der Waals surface area contributed by atoms with Crippen LogP contribution in [0.25, 0.3) is 0 Å². The Morgan fingerprint density at radius 2 is 1.89 bits per heavy atom. The van der Waals surface area contributed by atoms with Gasteiger partial charge in [0.2, 0.25) is 0 Å². The van der Waals surface area contributed by atoms with E-state index in [4.69, 9.17) is 0 Å². The maximum Gasteiger partial charge on any atom is 0.417 e. The van der Waals surface area contributed by atoms with Gasteiger partial charge in [-0.15, -0.1) is 0 Å². The number of benzene rings is 1. The molecule has 0 unspecified atom stereocenters. The van der Waals surface area contributed by atoms with Crippen LogP contribution in [0.5, 0.6) is 0 Å². The Labute approximate surface area is 110 Å². The molecule has 1 aromatic rings. The van der Waals surface area contributed by atoms with Crippen molar-refractivity contribution in [1.29, 1.82) is 0 Å². The average molecular weight is 273 g/mol. The Balaban J connectivity index is 1.94. The van der Waals surface area contributed by atoms with Crippen LogP contribution in [0, 0.1) is 6.92 Å². The van der Waals surface area contributed by atoms with E-state index in [1.54, 1.807) is 0 Å². The summed E-state index contributed by atoms with van der Waals surface area (Å²) in [4.78, 5) is 1.95. The number of nitrogens with zero attached hydrogens (tertiary/aromatic N) is 1. The highest BCUT2D eigenvalue weighted by Gasteiger charge is 2.54. The lowest BCUT2D eigenvalue weighted by atomic mass is 9.90. The van der Waals surface area contributed by atoms with Crippen LogP contribution in [-0.2, 0) is 6.54 Å². The van der Waals surface area contributed by atoms with Crippen LogP contribution in [0.2, 0.25) is 0 Å². The molecule has 1 saturated heterocycles. The second kappa shape index (κ2) is 5.13. The summed E-state index contributed by atoms with van der Waals surface area (Å²) in [6.45, 7) is 3.16. The third-order valence-corrected chi connectivity index (χ3v) is 3.70. The molecule has 0 aliphatic carbocycles. The van der Waals surface area contributed by atoms with Crippen molar-refractivity contribution in [1.82, 2.24) is 4.90 Å². The van der Waals surface area contributed by atoms with Crippen molar-refractivity contribution < 1.29 is 18.3 Å². The molecule has 0 aromatic heterocycles. The Hall–Kier alpha value is -1.07. The lowest BCUT2D eigenvalue weighted by Crippen LogP contribution is -2.53. The number of aliphatic hydroxyl groups is 1. The lowest BCUT2D eigenvalue weighted by Gasteiger charge is -2.39. The quantitative estimate of drug-likeness (QED) is 0.895. The molecule has 0 amide bonds. The summed E-state index contributed by atoms with van der Waals surface area (Å²) in [7, 11) is 0. The van der Waals surface area contributed by atoms with Gasteiger partial charge in [0, 0.05) is 19.6 Å². The highest BCUT2D eigenvalue weighted by molar-refractivity contribution is 5.22. The van der Waals surface area contributed by atoms with E-state index in [1.165, 1.54) is 0 Å². The number of hydrogen-bond donors (Lipinski definition) is 1. The molecule has 0 spiro atoms. The number of piperidine rings is 1. The number of hydrogen-bond acceptors (Lipinski definition) is 2. The maximum absolute atomic E-state index is 12.7. The first kappa shape index (κ1) is 14.3. The van der Waals surface area contributed by atoms with E-state index in [0.717, 1.165) is 11.1 Å². The minimum Gasteiger partial charge on any atom is -0.380 e. The zero-order valence-corrected chi connectivity index (χ0v) is 10.9. The van der Waals surface area contributed by atoms with Gasteiger partial charge in [0.1, 0.15) is 0 Å². The summed E-state index contributed by atoms with van der Waals surface area (Å²) in [5.41, 5.74) is -0.269. The minimum absolute atomic E-state index is 0.248. The van der Waals surface area contributed by atoms with Crippen LogP contribution >= 0.6 is 0 Å². The molecular formula is C14H18F3NO. The van der Waals surface area contributed by atoms with E-state index in [2.05, 4.69) is 0 Å². The van der Waals surface area contributed by atoms with Crippen molar-refractivity contribution in [3.05, 3.63) is 35.4 Å². The van der Waals surface area contributed by atoms with Crippen LogP contribution in [0.3, 0.4) is 0 Å². The zero-order chi connectivity index (χ0) is 14.1. The normalized spacial score (nSPS) is 20.5. The molecule has 106 valence electrons. The van der Waals surface area contributed by atoms with E-state index in [0.29, 0.717) is 6.54 Å². The summed E-state index contributed by atoms with van der Waals surface area (Å²) in [6, 6.07) is 7.94. The molecular weight excluding hydrogens is 255 g/mol. The maximum atomic E-state index is 12.7. The zero-order valence-electron chi connectivity index (χ0n) is 10.9. The van der Waals surface area contributed by atoms with Gasteiger partial charge in [0.15, 0.2) is 5.60 Å². The van der Waals surface area contributed by atoms with Gasteiger partial charge in [-0.2, -0.15) is 13.2 Å². The molecule has 1 aromatic carbocycles. The highest BCUT2D eigenvalue weighted by atomic mass is 19.4. The number of likely N-dealkylation sites (tertiary alicyclic amines) is 1. The first-order chi connectivity index (χ1) is 8.80. The molecule has 5 heteroatoms. The largest absolute Gasteiger partial charge is 0.417 e. The molecule has 0 atom stereocenters. The SMILES string of the molecule is Cc1cccc(CN2CCC(O)(C(F)(F)F)CC2)c1. The van der Waals surface area contributed by atoms with Crippen molar-refractivity contribution in [2.24, 2.45) is 0 Å². The van der Waals surface area contributed by atoms with Gasteiger partial charge < -0.3 is 5.11 Å². The molecule has 1 heterocycles. The summed E-state index contributed by atoms with van der Waals surface area (Å²) < 4.78 is 38.0. The molecule has 1 fully saturated rings. The summed E-state index contributed by atoms with van der Waals surface area (Å²) in [6.07, 6.45) is -5.02. The van der Waals surface area contributed by atoms with E-state index in [1.807, 2.05) is 36.1 Å². The average Bonchev–Trinajstić information content (AvgIpc) is 2.31. The van der Waals surface area contributed by atoms with E-state index in [9.17, 15) is 18.3 Å². The van der Waals surface area contributed by atoms with Crippen molar-refractivity contribution >= 4 is 0 Å². The smallest absolute Gasteiger partial charge is 0.380 e. The monoisotopic (exact) mass is 273 g/mol. The van der Waals surface area contributed by atoms with Crippen LogP contribution in [0.15, 0.2) is 24.3 Å². The van der Waals surface area contributed by atoms with Gasteiger partial charge in [-0.25, -0.2) is 0 Å². The fourth-order valence-corrected chi connectivity index (χ4v) is 2.43. The number of aryl methyl sites for hydroxylation is 1. The summed E-state index contributed by atoms with van der Waals surface area (Å²) >= 11 is 0. The third-order valence-electron chi connectivity index (χ3n) is 3.70. The van der Waals surface area contributed by atoms with Gasteiger partial charge in [0.05, 0.1) is 0 Å². The van der Waals surface area contributed by atoms with Gasteiger partial charge in [-0.05, 0) is 25.3 Å². The van der Waals surface area contributed by atoms with Crippen molar-refractivity contribution in [3.8, 4) is 0 Å². The topological polar surface area (TPSA) is 23.5 Å². The van der Waals surface area contributed by atoms with Crippen LogP contribution in [0.4, 0.5) is 13.2 Å². The molecule has 19 heavy (non-hydrogen) atoms.